The number of halogens is 2. The van der Waals surface area contributed by atoms with Crippen molar-refractivity contribution in [1.82, 2.24) is 52.7 Å². The summed E-state index contributed by atoms with van der Waals surface area (Å²) in [7, 11) is 13.2. The van der Waals surface area contributed by atoms with Crippen LogP contribution in [-0.4, -0.2) is 179 Å². The second kappa shape index (κ2) is 46.6. The first-order valence-corrected chi connectivity index (χ1v) is 45.9. The Hall–Kier alpha value is -11.5. The van der Waals surface area contributed by atoms with E-state index < -0.39 is 0 Å². The Balaban J connectivity index is 0.000000144. The van der Waals surface area contributed by atoms with Crippen molar-refractivity contribution < 1.29 is 4.39 Å². The fourth-order valence-electron chi connectivity index (χ4n) is 17.9. The molecule has 0 radical (unpaired) electrons. The van der Waals surface area contributed by atoms with E-state index in [0.29, 0.717) is 38.3 Å². The predicted octanol–water partition coefficient (Wildman–Crippen LogP) is 20.7. The van der Waals surface area contributed by atoms with Gasteiger partial charge in [0, 0.05) is 147 Å². The molecule has 3 saturated heterocycles. The van der Waals surface area contributed by atoms with Gasteiger partial charge in [-0.1, -0.05) is 132 Å². The molecule has 0 aliphatic carbocycles. The van der Waals surface area contributed by atoms with Crippen molar-refractivity contribution in [2.75, 3.05) is 129 Å². The van der Waals surface area contributed by atoms with Crippen molar-refractivity contribution in [2.45, 2.75) is 156 Å². The lowest BCUT2D eigenvalue weighted by Gasteiger charge is -2.35. The van der Waals surface area contributed by atoms with Crippen LogP contribution >= 0.6 is 11.6 Å². The molecule has 15 nitrogen and oxygen atoms in total. The molecule has 17 heteroatoms. The minimum absolute atomic E-state index is 0.230. The van der Waals surface area contributed by atoms with Gasteiger partial charge in [0.15, 0.2) is 0 Å². The minimum atomic E-state index is -0.230. The third-order valence-electron chi connectivity index (χ3n) is 25.0. The van der Waals surface area contributed by atoms with Crippen molar-refractivity contribution in [2.24, 2.45) is 0 Å². The molecule has 3 aliphatic heterocycles. The molecule has 4 N–H and O–H groups in total. The highest BCUT2D eigenvalue weighted by Gasteiger charge is 2.26. The quantitative estimate of drug-likeness (QED) is 0.0412. The Morgan fingerprint density at radius 2 is 0.690 bits per heavy atom. The van der Waals surface area contributed by atoms with E-state index >= 15 is 0 Å². The summed E-state index contributed by atoms with van der Waals surface area (Å²) in [5, 5.41) is 19.4. The van der Waals surface area contributed by atoms with E-state index in [2.05, 4.69) is 331 Å². The Bertz CT molecular complexity index is 5730. The third-order valence-corrected chi connectivity index (χ3v) is 25.2. The van der Waals surface area contributed by atoms with Gasteiger partial charge in [-0.2, -0.15) is 0 Å². The maximum Gasteiger partial charge on any atom is 0.123 e. The summed E-state index contributed by atoms with van der Waals surface area (Å²) in [5.74, 6) is 26.4. The second-order valence-corrected chi connectivity index (χ2v) is 34.4. The van der Waals surface area contributed by atoms with Gasteiger partial charge in [0.2, 0.25) is 0 Å². The van der Waals surface area contributed by atoms with Crippen molar-refractivity contribution in [1.29, 1.82) is 0 Å². The molecule has 8 aromatic carbocycles. The van der Waals surface area contributed by atoms with E-state index in [1.54, 1.807) is 12.1 Å². The van der Waals surface area contributed by atoms with Crippen LogP contribution in [0, 0.1) is 60.1 Å². The standard InChI is InChI=1S/C28H29N3.C27H33ClN4.C27H33FN4.C27H34N4/c1-3-31-26(15-9-18-30-25-17-19-29-22(2)20-25)21-27-24(14-8-16-28(27)31)13-7-12-23-10-5-4-6-11-23;2*1-4-32-25(8-6-16-29-23-12-10-22(28)11-13-23)19-26-21(7-5-9-27(26)32)20-31-17-14-24(15-18-31)30(2)3;1-4-31-25(13-9-17-28-23-11-6-5-7-12-23)20-26-22(10-8-14-27(26)31)21-30-18-15-24(16-19-30)29(2)3/h4-6,8,10-11,14,16-17,19-21H,3,7,12-13,18H2,1-2H3,(H,29,30);2*5,7,9-13,19,24,29H,4,14-18,20H2,1-3H3;5-8,10-12,14,20,24,28H,4,15-19,21H2,1-3H3. The fraction of sp³-hybridized carbons (Fsp3) is 0.367. The molecule has 3 fully saturated rings. The maximum absolute atomic E-state index is 13.0. The Kier molecular flexibility index (Phi) is 34.1. The first-order chi connectivity index (χ1) is 61.5. The van der Waals surface area contributed by atoms with E-state index in [4.69, 9.17) is 11.6 Å². The van der Waals surface area contributed by atoms with Gasteiger partial charge in [-0.3, -0.25) is 19.7 Å². The van der Waals surface area contributed by atoms with Crippen LogP contribution in [0.3, 0.4) is 0 Å². The summed E-state index contributed by atoms with van der Waals surface area (Å²) in [6.07, 6.45) is 12.6. The second-order valence-electron chi connectivity index (χ2n) is 33.9. The molecular formula is C109H129ClFN15. The molecule has 0 saturated carbocycles. The lowest BCUT2D eigenvalue weighted by atomic mass is 10.0. The van der Waals surface area contributed by atoms with E-state index in [0.717, 1.165) is 154 Å². The zero-order valence-electron chi connectivity index (χ0n) is 76.2. The number of piperidine rings is 3. The average Bonchev–Trinajstić information content (AvgIpc) is 1.62. The molecule has 8 heterocycles. The summed E-state index contributed by atoms with van der Waals surface area (Å²) in [6.45, 7) is 26.7. The number of nitrogens with zero attached hydrogens (tertiary/aromatic N) is 11. The highest BCUT2D eigenvalue weighted by Crippen LogP contribution is 2.32. The number of likely N-dealkylation sites (tertiary alicyclic amines) is 3. The number of anilines is 4. The highest BCUT2D eigenvalue weighted by atomic mass is 35.5. The number of fused-ring (bicyclic) bond motifs is 4. The van der Waals surface area contributed by atoms with Crippen molar-refractivity contribution in [3.63, 3.8) is 0 Å². The van der Waals surface area contributed by atoms with E-state index in [1.807, 2.05) is 67.7 Å². The summed E-state index contributed by atoms with van der Waals surface area (Å²) < 4.78 is 22.3. The van der Waals surface area contributed by atoms with Gasteiger partial charge in [0.1, 0.15) is 5.82 Å². The number of nitrogens with one attached hydrogen (secondary N) is 4. The SMILES string of the molecule is CCn1c(C#CCNc2ccc(Cl)cc2)cc2c(CN3CCC(N(C)C)CC3)cccc21.CCn1c(C#CCNc2ccc(F)cc2)cc2c(CN3CCC(N(C)C)CC3)cccc21.CCn1c(C#CCNc2ccccc2)cc2c(CN3CCC(N(C)C)CC3)cccc21.CCn1c(C#CCNc2ccnc(C)c2)cc2c(CCCc3ccccc3)cccc21. The van der Waals surface area contributed by atoms with Crippen molar-refractivity contribution >= 4 is 78.0 Å². The van der Waals surface area contributed by atoms with Gasteiger partial charge in [-0.15, -0.1) is 0 Å². The summed E-state index contributed by atoms with van der Waals surface area (Å²) >= 11 is 5.95. The fourth-order valence-corrected chi connectivity index (χ4v) is 18.0. The average molecular weight is 1700 g/mol. The largest absolute Gasteiger partial charge is 0.374 e. The monoisotopic (exact) mass is 1700 g/mol. The number of rotatable bonds is 25. The zero-order valence-corrected chi connectivity index (χ0v) is 76.9. The number of aromatic nitrogens is 5. The van der Waals surface area contributed by atoms with Gasteiger partial charge in [0.25, 0.3) is 0 Å². The van der Waals surface area contributed by atoms with Gasteiger partial charge in [0.05, 0.1) is 49.0 Å². The molecule has 0 spiro atoms. The summed E-state index contributed by atoms with van der Waals surface area (Å²) in [5.41, 5.74) is 21.5. The maximum atomic E-state index is 13.0. The molecule has 5 aromatic heterocycles. The smallest absolute Gasteiger partial charge is 0.123 e. The van der Waals surface area contributed by atoms with Gasteiger partial charge in [-0.25, -0.2) is 4.39 Å². The van der Waals surface area contributed by atoms with Gasteiger partial charge in [-0.05, 0) is 347 Å². The number of hydrogen-bond donors (Lipinski definition) is 4. The number of pyridine rings is 1. The molecule has 0 unspecified atom stereocenters. The van der Waals surface area contributed by atoms with E-state index in [9.17, 15) is 4.39 Å². The van der Waals surface area contributed by atoms with Crippen LogP contribution in [-0.2, 0) is 58.7 Å². The number of aryl methyl sites for hydroxylation is 7. The predicted molar refractivity (Wildman–Crippen MR) is 530 cm³/mol. The van der Waals surface area contributed by atoms with Gasteiger partial charge >= 0.3 is 0 Å². The first-order valence-electron chi connectivity index (χ1n) is 45.5. The van der Waals surface area contributed by atoms with Crippen LogP contribution in [0.25, 0.3) is 43.6 Å². The Morgan fingerprint density at radius 1 is 0.365 bits per heavy atom. The van der Waals surface area contributed by atoms with Crippen molar-refractivity contribution in [3.05, 3.63) is 292 Å². The molecule has 3 aliphatic rings. The lowest BCUT2D eigenvalue weighted by molar-refractivity contribution is 0.140. The van der Waals surface area contributed by atoms with Crippen LogP contribution in [0.4, 0.5) is 27.1 Å². The van der Waals surface area contributed by atoms with Crippen LogP contribution in [0.2, 0.25) is 5.02 Å². The van der Waals surface area contributed by atoms with Crippen LogP contribution in [0.5, 0.6) is 0 Å². The minimum Gasteiger partial charge on any atom is -0.374 e. The normalized spacial score (nSPS) is 14.1. The molecule has 13 aromatic rings. The number of benzene rings is 8. The summed E-state index contributed by atoms with van der Waals surface area (Å²) in [4.78, 5) is 19.1. The number of hydrogen-bond acceptors (Lipinski definition) is 11. The van der Waals surface area contributed by atoms with E-state index in [-0.39, 0.29) is 5.82 Å². The molecule has 0 atom stereocenters. The van der Waals surface area contributed by atoms with Crippen LogP contribution < -0.4 is 21.3 Å². The molecule has 0 amide bonds. The molecule has 654 valence electrons. The topological polar surface area (TPSA) is 100 Å². The zero-order chi connectivity index (χ0) is 88.1. The molecular weight excluding hydrogens is 1570 g/mol. The van der Waals surface area contributed by atoms with Crippen molar-refractivity contribution in [3.8, 4) is 47.4 Å². The third kappa shape index (κ3) is 25.4. The summed E-state index contributed by atoms with van der Waals surface area (Å²) in [6, 6.07) is 76.9. The Labute approximate surface area is 754 Å². The van der Waals surface area contributed by atoms with Gasteiger partial charge < -0.3 is 54.2 Å². The van der Waals surface area contributed by atoms with E-state index in [1.165, 1.54) is 135 Å². The molecule has 0 bridgehead atoms. The first kappa shape index (κ1) is 92.2. The highest BCUT2D eigenvalue weighted by molar-refractivity contribution is 6.30. The molecule has 126 heavy (non-hydrogen) atoms. The number of para-hydroxylation sites is 1. The lowest BCUT2D eigenvalue weighted by Crippen LogP contribution is -2.41. The Morgan fingerprint density at radius 3 is 1.04 bits per heavy atom. The molecule has 16 rings (SSSR count). The van der Waals surface area contributed by atoms with Crippen LogP contribution in [0.15, 0.2) is 225 Å². The van der Waals surface area contributed by atoms with Crippen LogP contribution in [0.1, 0.15) is 129 Å².